The summed E-state index contributed by atoms with van der Waals surface area (Å²) < 4.78 is 26.8. The smallest absolute Gasteiger partial charge is 0.321 e. The number of nitrogens with one attached hydrogen (secondary N) is 2. The summed E-state index contributed by atoms with van der Waals surface area (Å²) >= 11 is 0. The molecule has 0 saturated carbocycles. The Morgan fingerprint density at radius 3 is 2.62 bits per heavy atom. The van der Waals surface area contributed by atoms with E-state index in [2.05, 4.69) is 19.7 Å². The van der Waals surface area contributed by atoms with E-state index in [1.54, 1.807) is 4.57 Å². The number of rotatable bonds is 5. The maximum Gasteiger partial charge on any atom is 0.349 e. The Labute approximate surface area is 183 Å². The van der Waals surface area contributed by atoms with Gasteiger partial charge < -0.3 is 4.57 Å². The SMILES string of the molecule is Cc1cc2nc3c(=O)[nH]c(=O)nc-3n(CCN3CCCC3C(=O)NS(C)(=O)=O)c2cc1C. The molecule has 3 aliphatic heterocycles. The summed E-state index contributed by atoms with van der Waals surface area (Å²) in [6, 6.07) is 3.24. The van der Waals surface area contributed by atoms with Crippen molar-refractivity contribution in [1.29, 1.82) is 0 Å². The molecule has 0 bridgehead atoms. The van der Waals surface area contributed by atoms with E-state index in [4.69, 9.17) is 0 Å². The topological polar surface area (TPSA) is 147 Å². The summed E-state index contributed by atoms with van der Waals surface area (Å²) in [5, 5.41) is 0. The van der Waals surface area contributed by atoms with Crippen molar-refractivity contribution in [1.82, 2.24) is 29.1 Å². The number of fused-ring (bicyclic) bond motifs is 2. The third kappa shape index (κ3) is 4.28. The van der Waals surface area contributed by atoms with Crippen molar-refractivity contribution in [3.63, 3.8) is 0 Å². The van der Waals surface area contributed by atoms with Crippen LogP contribution in [0.3, 0.4) is 0 Å². The highest BCUT2D eigenvalue weighted by molar-refractivity contribution is 7.89. The number of sulfonamides is 1. The van der Waals surface area contributed by atoms with Crippen LogP contribution >= 0.6 is 0 Å². The fourth-order valence-corrected chi connectivity index (χ4v) is 4.65. The van der Waals surface area contributed by atoms with Crippen LogP contribution in [-0.4, -0.2) is 64.1 Å². The lowest BCUT2D eigenvalue weighted by Gasteiger charge is -2.25. The first-order chi connectivity index (χ1) is 15.0. The Bertz CT molecular complexity index is 1410. The van der Waals surface area contributed by atoms with Crippen LogP contribution in [-0.2, 0) is 21.4 Å². The number of aromatic amines is 1. The molecule has 1 saturated heterocycles. The van der Waals surface area contributed by atoms with Crippen LogP contribution in [0.4, 0.5) is 0 Å². The van der Waals surface area contributed by atoms with E-state index in [1.807, 2.05) is 30.9 Å². The van der Waals surface area contributed by atoms with Crippen molar-refractivity contribution in [2.45, 2.75) is 39.3 Å². The van der Waals surface area contributed by atoms with Crippen molar-refractivity contribution in [2.75, 3.05) is 19.3 Å². The lowest BCUT2D eigenvalue weighted by Crippen LogP contribution is -2.46. The molecule has 0 radical (unpaired) electrons. The van der Waals surface area contributed by atoms with Gasteiger partial charge in [-0.05, 0) is 56.5 Å². The average molecular weight is 461 g/mol. The molecule has 1 fully saturated rings. The monoisotopic (exact) mass is 460 g/mol. The normalized spacial score (nSPS) is 17.3. The molecule has 170 valence electrons. The first kappa shape index (κ1) is 22.1. The first-order valence-corrected chi connectivity index (χ1v) is 12.1. The molecule has 32 heavy (non-hydrogen) atoms. The average Bonchev–Trinajstić information content (AvgIpc) is 3.15. The standard InChI is InChI=1S/C20H24N6O5S/c1-11-9-13-15(10-12(11)2)26(17-16(21-13)19(28)23-20(29)22-17)8-7-25-6-4-5-14(25)18(27)24-32(3,30)31/h9-10,14H,4-8H2,1-3H3,(H,24,27)(H,23,28,29). The van der Waals surface area contributed by atoms with Crippen LogP contribution in [0.1, 0.15) is 24.0 Å². The van der Waals surface area contributed by atoms with E-state index >= 15 is 0 Å². The van der Waals surface area contributed by atoms with E-state index in [1.165, 1.54) is 0 Å². The van der Waals surface area contributed by atoms with Crippen LogP contribution in [0.25, 0.3) is 22.6 Å². The van der Waals surface area contributed by atoms with E-state index in [0.29, 0.717) is 31.6 Å². The Kier molecular flexibility index (Phi) is 5.59. The van der Waals surface area contributed by atoms with Gasteiger partial charge >= 0.3 is 5.69 Å². The molecule has 1 aromatic carbocycles. The summed E-state index contributed by atoms with van der Waals surface area (Å²) in [5.74, 6) is -0.381. The fourth-order valence-electron chi connectivity index (χ4n) is 4.15. The second kappa shape index (κ2) is 8.10. The number of aryl methyl sites for hydroxylation is 2. The molecule has 0 spiro atoms. The number of hydrogen-bond acceptors (Lipinski definition) is 8. The lowest BCUT2D eigenvalue weighted by atomic mass is 10.1. The number of hydrogen-bond donors (Lipinski definition) is 2. The van der Waals surface area contributed by atoms with Gasteiger partial charge in [0.15, 0.2) is 11.5 Å². The third-order valence-corrected chi connectivity index (χ3v) is 6.36. The van der Waals surface area contributed by atoms with E-state index in [9.17, 15) is 22.8 Å². The van der Waals surface area contributed by atoms with Gasteiger partial charge in [0.2, 0.25) is 10.0 Å². The Balaban J connectivity index is 1.74. The number of aromatic nitrogens is 4. The van der Waals surface area contributed by atoms with Crippen molar-refractivity contribution in [3.8, 4) is 11.5 Å². The van der Waals surface area contributed by atoms with Gasteiger partial charge in [-0.25, -0.2) is 18.2 Å². The second-order valence-corrected chi connectivity index (χ2v) is 9.91. The van der Waals surface area contributed by atoms with Crippen molar-refractivity contribution < 1.29 is 13.2 Å². The van der Waals surface area contributed by atoms with Crippen molar-refractivity contribution in [3.05, 3.63) is 44.1 Å². The van der Waals surface area contributed by atoms with Gasteiger partial charge in [0.05, 0.1) is 23.3 Å². The largest absolute Gasteiger partial charge is 0.349 e. The number of nitrogens with zero attached hydrogens (tertiary/aromatic N) is 4. The number of carbonyl (C=O) groups excluding carboxylic acids is 1. The molecular weight excluding hydrogens is 436 g/mol. The minimum Gasteiger partial charge on any atom is -0.321 e. The highest BCUT2D eigenvalue weighted by atomic mass is 32.2. The molecule has 1 atom stereocenters. The molecule has 12 heteroatoms. The van der Waals surface area contributed by atoms with Crippen LogP contribution in [0, 0.1) is 13.8 Å². The van der Waals surface area contributed by atoms with E-state index in [-0.39, 0.29) is 11.5 Å². The Hall–Kier alpha value is -3.12. The molecule has 0 aliphatic carbocycles. The summed E-state index contributed by atoms with van der Waals surface area (Å²) in [7, 11) is -3.65. The minimum atomic E-state index is -3.65. The summed E-state index contributed by atoms with van der Waals surface area (Å²) in [4.78, 5) is 49.2. The Morgan fingerprint density at radius 2 is 1.91 bits per heavy atom. The zero-order valence-electron chi connectivity index (χ0n) is 18.0. The molecule has 3 heterocycles. The molecule has 1 aromatic rings. The second-order valence-electron chi connectivity index (χ2n) is 8.16. The lowest BCUT2D eigenvalue weighted by molar-refractivity contribution is -0.123. The molecule has 0 aromatic heterocycles. The van der Waals surface area contributed by atoms with Crippen LogP contribution in [0.5, 0.6) is 0 Å². The van der Waals surface area contributed by atoms with Gasteiger partial charge in [-0.2, -0.15) is 4.98 Å². The number of amides is 1. The van der Waals surface area contributed by atoms with E-state index in [0.717, 1.165) is 29.3 Å². The van der Waals surface area contributed by atoms with Gasteiger partial charge in [0.1, 0.15) is 0 Å². The van der Waals surface area contributed by atoms with Crippen LogP contribution in [0.2, 0.25) is 0 Å². The molecule has 1 amide bonds. The van der Waals surface area contributed by atoms with Gasteiger partial charge in [0.25, 0.3) is 11.5 Å². The molecule has 1 unspecified atom stereocenters. The number of H-pyrrole nitrogens is 1. The van der Waals surface area contributed by atoms with E-state index < -0.39 is 33.2 Å². The van der Waals surface area contributed by atoms with Gasteiger partial charge in [-0.3, -0.25) is 24.2 Å². The fraction of sp³-hybridized carbons (Fsp3) is 0.450. The Morgan fingerprint density at radius 1 is 1.19 bits per heavy atom. The number of carbonyl (C=O) groups is 1. The zero-order chi connectivity index (χ0) is 23.2. The maximum absolute atomic E-state index is 12.4. The number of benzene rings is 1. The predicted molar refractivity (Wildman–Crippen MR) is 118 cm³/mol. The minimum absolute atomic E-state index is 0.0631. The quantitative estimate of drug-likeness (QED) is 0.495. The summed E-state index contributed by atoms with van der Waals surface area (Å²) in [6.07, 6.45) is 2.25. The highest BCUT2D eigenvalue weighted by Crippen LogP contribution is 2.25. The number of likely N-dealkylation sites (tertiary alicyclic amines) is 1. The van der Waals surface area contributed by atoms with Gasteiger partial charge in [0, 0.05) is 13.1 Å². The summed E-state index contributed by atoms with van der Waals surface area (Å²) in [5.41, 5.74) is 2.04. The van der Waals surface area contributed by atoms with Gasteiger partial charge in [-0.1, -0.05) is 0 Å². The summed E-state index contributed by atoms with van der Waals surface area (Å²) in [6.45, 7) is 5.26. The molecule has 4 rings (SSSR count). The van der Waals surface area contributed by atoms with Crippen molar-refractivity contribution in [2.24, 2.45) is 0 Å². The molecule has 2 N–H and O–H groups in total. The van der Waals surface area contributed by atoms with Gasteiger partial charge in [-0.15, -0.1) is 0 Å². The first-order valence-electron chi connectivity index (χ1n) is 10.2. The highest BCUT2D eigenvalue weighted by Gasteiger charge is 2.32. The predicted octanol–water partition coefficient (Wildman–Crippen LogP) is -0.258. The van der Waals surface area contributed by atoms with Crippen LogP contribution in [0.15, 0.2) is 21.7 Å². The molecule has 3 aliphatic rings. The molecule has 11 nitrogen and oxygen atoms in total. The third-order valence-electron chi connectivity index (χ3n) is 5.79. The zero-order valence-corrected chi connectivity index (χ0v) is 18.8. The maximum atomic E-state index is 12.4. The van der Waals surface area contributed by atoms with Crippen molar-refractivity contribution >= 4 is 27.0 Å². The molecular formula is C20H24N6O5S. The van der Waals surface area contributed by atoms with Crippen LogP contribution < -0.4 is 16.0 Å².